The maximum Gasteiger partial charge on any atom is 0.0601 e. The van der Waals surface area contributed by atoms with E-state index in [1.807, 2.05) is 23.5 Å². The number of anilines is 6. The fourth-order valence-corrected chi connectivity index (χ4v) is 8.82. The quantitative estimate of drug-likeness (QED) is 0.169. The van der Waals surface area contributed by atoms with Gasteiger partial charge in [-0.05, 0) is 108 Å². The third kappa shape index (κ3) is 5.53. The number of aryl methyl sites for hydroxylation is 1. The number of hydrogen-bond acceptors (Lipinski definition) is 4. The van der Waals surface area contributed by atoms with Crippen LogP contribution >= 0.6 is 23.5 Å². The molecule has 0 fully saturated rings. The first-order chi connectivity index (χ1) is 24.2. The summed E-state index contributed by atoms with van der Waals surface area (Å²) in [5.41, 5.74) is 13.1. The Labute approximate surface area is 296 Å². The van der Waals surface area contributed by atoms with E-state index in [1.54, 1.807) is 0 Å². The Morgan fingerprint density at radius 3 is 1.12 bits per heavy atom. The van der Waals surface area contributed by atoms with Crippen molar-refractivity contribution in [2.45, 2.75) is 26.5 Å². The molecule has 0 aliphatic carbocycles. The van der Waals surface area contributed by atoms with E-state index < -0.39 is 0 Å². The highest BCUT2D eigenvalue weighted by Gasteiger charge is 2.26. The fourth-order valence-electron chi connectivity index (χ4n) is 6.71. The van der Waals surface area contributed by atoms with Crippen molar-refractivity contribution in [1.82, 2.24) is 0 Å². The standard InChI is InChI=1S/C45H32N2S2/c1-31-18-20-32(21-19-31)30-37(33-22-26-35(27-23-33)46-38-10-2-6-14-42(38)48-43-15-7-3-11-39(43)46)34-24-28-36(29-25-34)47-40-12-4-8-16-44(40)49-45-17-9-5-13-41(45)47/h2-30H,1H3. The minimum atomic E-state index is 1.15. The summed E-state index contributed by atoms with van der Waals surface area (Å²) in [7, 11) is 0. The summed E-state index contributed by atoms with van der Waals surface area (Å²) in [5, 5.41) is 0. The van der Waals surface area contributed by atoms with Crippen molar-refractivity contribution in [2.24, 2.45) is 0 Å². The van der Waals surface area contributed by atoms with Crippen molar-refractivity contribution in [1.29, 1.82) is 0 Å². The monoisotopic (exact) mass is 664 g/mol. The van der Waals surface area contributed by atoms with E-state index in [-0.39, 0.29) is 0 Å². The Hall–Kier alpha value is -5.42. The van der Waals surface area contributed by atoms with Gasteiger partial charge in [0.2, 0.25) is 0 Å². The van der Waals surface area contributed by atoms with Crippen LogP contribution in [-0.4, -0.2) is 0 Å². The molecule has 0 radical (unpaired) electrons. The summed E-state index contributed by atoms with van der Waals surface area (Å²) >= 11 is 3.67. The number of nitrogens with zero attached hydrogens (tertiary/aromatic N) is 2. The molecule has 2 aliphatic heterocycles. The molecule has 0 saturated heterocycles. The predicted octanol–water partition coefficient (Wildman–Crippen LogP) is 13.5. The lowest BCUT2D eigenvalue weighted by Gasteiger charge is -2.33. The Kier molecular flexibility index (Phi) is 7.61. The SMILES string of the molecule is Cc1ccc(C=C(c2ccc(N3c4ccccc4Sc4ccccc43)cc2)c2ccc(N3c4ccccc4Sc4ccccc43)cc2)cc1. The lowest BCUT2D eigenvalue weighted by atomic mass is 9.94. The van der Waals surface area contributed by atoms with Gasteiger partial charge in [0.15, 0.2) is 0 Å². The second kappa shape index (κ2) is 12.6. The Bertz CT molecular complexity index is 2110. The maximum absolute atomic E-state index is 2.38. The highest BCUT2D eigenvalue weighted by molar-refractivity contribution is 8.00. The zero-order valence-electron chi connectivity index (χ0n) is 27.0. The second-order valence-electron chi connectivity index (χ2n) is 12.3. The van der Waals surface area contributed by atoms with Crippen LogP contribution in [0.4, 0.5) is 34.1 Å². The average Bonchev–Trinajstić information content (AvgIpc) is 3.16. The molecule has 0 unspecified atom stereocenters. The van der Waals surface area contributed by atoms with Gasteiger partial charge in [0, 0.05) is 31.0 Å². The maximum atomic E-state index is 2.38. The van der Waals surface area contributed by atoms with Crippen molar-refractivity contribution in [3.8, 4) is 0 Å². The zero-order chi connectivity index (χ0) is 32.7. The van der Waals surface area contributed by atoms with Gasteiger partial charge in [0.25, 0.3) is 0 Å². The highest BCUT2D eigenvalue weighted by Crippen LogP contribution is 2.52. The van der Waals surface area contributed by atoms with E-state index in [2.05, 4.69) is 193 Å². The molecule has 7 aromatic rings. The van der Waals surface area contributed by atoms with Crippen LogP contribution in [0.3, 0.4) is 0 Å². The van der Waals surface area contributed by atoms with E-state index in [9.17, 15) is 0 Å². The lowest BCUT2D eigenvalue weighted by molar-refractivity contribution is 1.16. The van der Waals surface area contributed by atoms with Gasteiger partial charge in [0.05, 0.1) is 22.7 Å². The number of benzene rings is 7. The molecule has 0 aromatic heterocycles. The van der Waals surface area contributed by atoms with E-state index in [0.29, 0.717) is 0 Å². The van der Waals surface area contributed by atoms with Crippen molar-refractivity contribution >= 4 is 69.3 Å². The van der Waals surface area contributed by atoms with Crippen LogP contribution in [0.2, 0.25) is 0 Å². The van der Waals surface area contributed by atoms with Crippen LogP contribution in [0.15, 0.2) is 189 Å². The van der Waals surface area contributed by atoms with E-state index in [4.69, 9.17) is 0 Å². The second-order valence-corrected chi connectivity index (χ2v) is 14.5. The van der Waals surface area contributed by atoms with Crippen LogP contribution in [0, 0.1) is 6.92 Å². The molecule has 2 nitrogen and oxygen atoms in total. The Morgan fingerprint density at radius 1 is 0.408 bits per heavy atom. The minimum Gasteiger partial charge on any atom is -0.308 e. The van der Waals surface area contributed by atoms with Crippen LogP contribution in [0.1, 0.15) is 22.3 Å². The van der Waals surface area contributed by atoms with Gasteiger partial charge in [-0.25, -0.2) is 0 Å². The predicted molar refractivity (Wildman–Crippen MR) is 209 cm³/mol. The molecule has 49 heavy (non-hydrogen) atoms. The topological polar surface area (TPSA) is 6.48 Å². The summed E-state index contributed by atoms with van der Waals surface area (Å²) in [4.78, 5) is 9.84. The van der Waals surface area contributed by atoms with Crippen LogP contribution in [0.25, 0.3) is 11.6 Å². The first-order valence-electron chi connectivity index (χ1n) is 16.5. The summed E-state index contributed by atoms with van der Waals surface area (Å²) in [6, 6.07) is 61.6. The summed E-state index contributed by atoms with van der Waals surface area (Å²) in [5.74, 6) is 0. The van der Waals surface area contributed by atoms with Gasteiger partial charge in [-0.3, -0.25) is 0 Å². The van der Waals surface area contributed by atoms with Gasteiger partial charge >= 0.3 is 0 Å². The van der Waals surface area contributed by atoms with E-state index in [0.717, 1.165) is 11.4 Å². The van der Waals surface area contributed by atoms with E-state index in [1.165, 1.54) is 70.2 Å². The first-order valence-corrected chi connectivity index (χ1v) is 18.1. The fraction of sp³-hybridized carbons (Fsp3) is 0.0222. The molecule has 0 spiro atoms. The average molecular weight is 665 g/mol. The molecule has 2 aliphatic rings. The van der Waals surface area contributed by atoms with Crippen molar-refractivity contribution in [3.05, 3.63) is 192 Å². The molecule has 7 aromatic carbocycles. The van der Waals surface area contributed by atoms with Crippen LogP contribution < -0.4 is 9.80 Å². The summed E-state index contributed by atoms with van der Waals surface area (Å²) < 4.78 is 0. The highest BCUT2D eigenvalue weighted by atomic mass is 32.2. The van der Waals surface area contributed by atoms with Gasteiger partial charge < -0.3 is 9.80 Å². The van der Waals surface area contributed by atoms with Crippen molar-refractivity contribution < 1.29 is 0 Å². The van der Waals surface area contributed by atoms with Crippen molar-refractivity contribution in [3.63, 3.8) is 0 Å². The Balaban J connectivity index is 1.12. The molecular weight excluding hydrogens is 633 g/mol. The van der Waals surface area contributed by atoms with Crippen LogP contribution in [-0.2, 0) is 0 Å². The zero-order valence-corrected chi connectivity index (χ0v) is 28.6. The smallest absolute Gasteiger partial charge is 0.0601 e. The molecule has 234 valence electrons. The molecule has 4 heteroatoms. The molecule has 0 bridgehead atoms. The molecule has 0 amide bonds. The van der Waals surface area contributed by atoms with Gasteiger partial charge in [-0.2, -0.15) is 0 Å². The van der Waals surface area contributed by atoms with Gasteiger partial charge in [0.1, 0.15) is 0 Å². The van der Waals surface area contributed by atoms with Gasteiger partial charge in [-0.1, -0.05) is 126 Å². The van der Waals surface area contributed by atoms with Crippen LogP contribution in [0.5, 0.6) is 0 Å². The summed E-state index contributed by atoms with van der Waals surface area (Å²) in [6.07, 6.45) is 2.31. The molecular formula is C45H32N2S2. The molecule has 9 rings (SSSR count). The number of hydrogen-bond donors (Lipinski definition) is 0. The minimum absolute atomic E-state index is 1.15. The largest absolute Gasteiger partial charge is 0.308 e. The van der Waals surface area contributed by atoms with E-state index >= 15 is 0 Å². The number of fused-ring (bicyclic) bond motifs is 4. The van der Waals surface area contributed by atoms with Gasteiger partial charge in [-0.15, -0.1) is 0 Å². The van der Waals surface area contributed by atoms with Crippen molar-refractivity contribution in [2.75, 3.05) is 9.80 Å². The first kappa shape index (κ1) is 29.7. The number of para-hydroxylation sites is 4. The third-order valence-electron chi connectivity index (χ3n) is 9.13. The molecule has 2 heterocycles. The third-order valence-corrected chi connectivity index (χ3v) is 11.4. The molecule has 0 atom stereocenters. The number of rotatable bonds is 5. The lowest BCUT2D eigenvalue weighted by Crippen LogP contribution is -2.14. The Morgan fingerprint density at radius 2 is 0.755 bits per heavy atom. The normalized spacial score (nSPS) is 12.8. The molecule has 0 saturated carbocycles. The summed E-state index contributed by atoms with van der Waals surface area (Å²) in [6.45, 7) is 2.14. The molecule has 0 N–H and O–H groups in total.